The van der Waals surface area contributed by atoms with Crippen molar-refractivity contribution in [1.82, 2.24) is 10.4 Å². The van der Waals surface area contributed by atoms with Crippen LogP contribution in [0.15, 0.2) is 48.5 Å². The summed E-state index contributed by atoms with van der Waals surface area (Å²) in [6, 6.07) is 12.7. The SMILES string of the molecule is CC(=O)c1cccc(NC(=O)COC(=O)[C@@H]2CC(=O)N(NC(=O)c3ccccc3Cl)C2)c1. The van der Waals surface area contributed by atoms with Crippen molar-refractivity contribution in [3.05, 3.63) is 64.7 Å². The third-order valence-corrected chi connectivity index (χ3v) is 5.04. The topological polar surface area (TPSA) is 122 Å². The maximum atomic E-state index is 12.3. The fourth-order valence-corrected chi connectivity index (χ4v) is 3.29. The van der Waals surface area contributed by atoms with E-state index in [1.54, 1.807) is 36.4 Å². The Balaban J connectivity index is 1.49. The summed E-state index contributed by atoms with van der Waals surface area (Å²) in [6.07, 6.45) is -0.163. The van der Waals surface area contributed by atoms with Gasteiger partial charge >= 0.3 is 5.97 Å². The van der Waals surface area contributed by atoms with Gasteiger partial charge < -0.3 is 10.1 Å². The third-order valence-electron chi connectivity index (χ3n) is 4.71. The van der Waals surface area contributed by atoms with Crippen LogP contribution in [0, 0.1) is 5.92 Å². The molecule has 1 aliphatic heterocycles. The van der Waals surface area contributed by atoms with Crippen molar-refractivity contribution in [2.45, 2.75) is 13.3 Å². The van der Waals surface area contributed by atoms with Crippen LogP contribution in [0.2, 0.25) is 5.02 Å². The Morgan fingerprint density at radius 3 is 2.59 bits per heavy atom. The number of benzene rings is 2. The predicted molar refractivity (Wildman–Crippen MR) is 115 cm³/mol. The summed E-state index contributed by atoms with van der Waals surface area (Å²) >= 11 is 5.98. The lowest BCUT2D eigenvalue weighted by Crippen LogP contribution is -2.43. The summed E-state index contributed by atoms with van der Waals surface area (Å²) in [5, 5.41) is 3.80. The predicted octanol–water partition coefficient (Wildman–Crippen LogP) is 2.22. The number of ether oxygens (including phenoxy) is 1. The number of carbonyl (C=O) groups excluding carboxylic acids is 5. The molecule has 0 radical (unpaired) electrons. The summed E-state index contributed by atoms with van der Waals surface area (Å²) in [4.78, 5) is 60.2. The molecule has 1 saturated heterocycles. The van der Waals surface area contributed by atoms with Crippen molar-refractivity contribution in [2.24, 2.45) is 5.92 Å². The number of carbonyl (C=O) groups is 5. The largest absolute Gasteiger partial charge is 0.455 e. The molecule has 2 aromatic rings. The molecule has 1 fully saturated rings. The van der Waals surface area contributed by atoms with E-state index in [1.165, 1.54) is 19.1 Å². The molecule has 3 rings (SSSR count). The Labute approximate surface area is 188 Å². The van der Waals surface area contributed by atoms with E-state index < -0.39 is 36.2 Å². The van der Waals surface area contributed by atoms with Crippen molar-refractivity contribution in [3.8, 4) is 0 Å². The molecule has 0 aliphatic carbocycles. The molecule has 32 heavy (non-hydrogen) atoms. The highest BCUT2D eigenvalue weighted by Crippen LogP contribution is 2.20. The maximum absolute atomic E-state index is 12.3. The number of esters is 1. The molecule has 0 bridgehead atoms. The minimum absolute atomic E-state index is 0.0872. The second-order valence-corrected chi connectivity index (χ2v) is 7.53. The Morgan fingerprint density at radius 1 is 1.12 bits per heavy atom. The van der Waals surface area contributed by atoms with Crippen LogP contribution < -0.4 is 10.7 Å². The highest BCUT2D eigenvalue weighted by molar-refractivity contribution is 6.33. The number of hydrogen-bond donors (Lipinski definition) is 2. The van der Waals surface area contributed by atoms with Crippen molar-refractivity contribution < 1.29 is 28.7 Å². The van der Waals surface area contributed by atoms with Gasteiger partial charge in [0, 0.05) is 17.7 Å². The molecule has 3 amide bonds. The first kappa shape index (κ1) is 23.0. The number of Topliss-reactive ketones (excluding diaryl/α,β-unsaturated/α-hetero) is 1. The molecule has 1 atom stereocenters. The van der Waals surface area contributed by atoms with Crippen LogP contribution in [0.5, 0.6) is 0 Å². The van der Waals surface area contributed by atoms with Crippen molar-refractivity contribution in [3.63, 3.8) is 0 Å². The minimum Gasteiger partial charge on any atom is -0.455 e. The highest BCUT2D eigenvalue weighted by atomic mass is 35.5. The number of ketones is 1. The van der Waals surface area contributed by atoms with Gasteiger partial charge in [-0.25, -0.2) is 0 Å². The molecule has 10 heteroatoms. The van der Waals surface area contributed by atoms with E-state index >= 15 is 0 Å². The number of rotatable bonds is 7. The minimum atomic E-state index is -0.831. The molecule has 0 aromatic heterocycles. The molecule has 166 valence electrons. The molecule has 2 aromatic carbocycles. The number of anilines is 1. The number of hydrogen-bond acceptors (Lipinski definition) is 6. The molecular formula is C22H20ClN3O6. The van der Waals surface area contributed by atoms with Crippen LogP contribution in [-0.4, -0.2) is 47.6 Å². The van der Waals surface area contributed by atoms with Gasteiger partial charge in [0.05, 0.1) is 23.0 Å². The summed E-state index contributed by atoms with van der Waals surface area (Å²) in [6.45, 7) is 0.766. The first-order valence-corrected chi connectivity index (χ1v) is 10.1. The van der Waals surface area contributed by atoms with Crippen LogP contribution in [0.3, 0.4) is 0 Å². The van der Waals surface area contributed by atoms with Crippen molar-refractivity contribution in [1.29, 1.82) is 0 Å². The van der Waals surface area contributed by atoms with Gasteiger partial charge in [-0.2, -0.15) is 0 Å². The molecule has 0 unspecified atom stereocenters. The number of nitrogens with one attached hydrogen (secondary N) is 2. The lowest BCUT2D eigenvalue weighted by atomic mass is 10.1. The van der Waals surface area contributed by atoms with E-state index in [4.69, 9.17) is 16.3 Å². The summed E-state index contributed by atoms with van der Waals surface area (Å²) in [5.74, 6) is -3.34. The highest BCUT2D eigenvalue weighted by Gasteiger charge is 2.37. The van der Waals surface area contributed by atoms with Gasteiger partial charge in [-0.05, 0) is 31.2 Å². The standard InChI is InChI=1S/C22H20ClN3O6/c1-13(27)14-5-4-6-16(9-14)24-19(28)12-32-22(31)15-10-20(29)26(11-15)25-21(30)17-7-2-3-8-18(17)23/h2-9,15H,10-12H2,1H3,(H,24,28)(H,25,30)/t15-/m1/s1. The number of nitrogens with zero attached hydrogens (tertiary/aromatic N) is 1. The van der Waals surface area contributed by atoms with Gasteiger partial charge in [-0.3, -0.25) is 34.4 Å². The molecule has 1 heterocycles. The van der Waals surface area contributed by atoms with Crippen molar-refractivity contribution >= 4 is 46.8 Å². The van der Waals surface area contributed by atoms with E-state index in [-0.39, 0.29) is 29.3 Å². The van der Waals surface area contributed by atoms with Crippen LogP contribution in [-0.2, 0) is 19.1 Å². The van der Waals surface area contributed by atoms with Gasteiger partial charge in [-0.15, -0.1) is 0 Å². The van der Waals surface area contributed by atoms with E-state index in [1.807, 2.05) is 0 Å². The van der Waals surface area contributed by atoms with E-state index in [0.717, 1.165) is 5.01 Å². The molecule has 0 spiro atoms. The molecule has 2 N–H and O–H groups in total. The van der Waals surface area contributed by atoms with Gasteiger partial charge in [0.1, 0.15) is 0 Å². The molecular weight excluding hydrogens is 438 g/mol. The van der Waals surface area contributed by atoms with Crippen LogP contribution in [0.1, 0.15) is 34.1 Å². The van der Waals surface area contributed by atoms with E-state index in [2.05, 4.69) is 10.7 Å². The fourth-order valence-electron chi connectivity index (χ4n) is 3.07. The molecule has 1 aliphatic rings. The fraction of sp³-hybridized carbons (Fsp3) is 0.227. The quantitative estimate of drug-likeness (QED) is 0.485. The zero-order valence-corrected chi connectivity index (χ0v) is 17.8. The number of halogens is 1. The van der Waals surface area contributed by atoms with E-state index in [9.17, 15) is 24.0 Å². The lowest BCUT2D eigenvalue weighted by molar-refractivity contribution is -0.151. The maximum Gasteiger partial charge on any atom is 0.311 e. The Morgan fingerprint density at radius 2 is 1.88 bits per heavy atom. The summed E-state index contributed by atoms with van der Waals surface area (Å²) in [7, 11) is 0. The zero-order valence-electron chi connectivity index (χ0n) is 17.1. The Bertz CT molecular complexity index is 1090. The normalized spacial score (nSPS) is 15.2. The van der Waals surface area contributed by atoms with Crippen LogP contribution >= 0.6 is 11.6 Å². The lowest BCUT2D eigenvalue weighted by Gasteiger charge is -2.18. The van der Waals surface area contributed by atoms with Gasteiger partial charge in [-0.1, -0.05) is 35.9 Å². The first-order valence-electron chi connectivity index (χ1n) is 9.68. The van der Waals surface area contributed by atoms with Crippen LogP contribution in [0.4, 0.5) is 5.69 Å². The first-order chi connectivity index (χ1) is 15.2. The smallest absolute Gasteiger partial charge is 0.311 e. The summed E-state index contributed by atoms with van der Waals surface area (Å²) < 4.78 is 5.01. The molecule has 9 nitrogen and oxygen atoms in total. The van der Waals surface area contributed by atoms with Gasteiger partial charge in [0.15, 0.2) is 12.4 Å². The van der Waals surface area contributed by atoms with Gasteiger partial charge in [0.25, 0.3) is 11.8 Å². The number of hydrazine groups is 1. The van der Waals surface area contributed by atoms with E-state index in [0.29, 0.717) is 11.3 Å². The van der Waals surface area contributed by atoms with Gasteiger partial charge in [0.2, 0.25) is 5.91 Å². The summed E-state index contributed by atoms with van der Waals surface area (Å²) in [5.41, 5.74) is 3.45. The molecule has 0 saturated carbocycles. The Kier molecular flexibility index (Phi) is 7.21. The zero-order chi connectivity index (χ0) is 23.3. The Hall–Kier alpha value is -3.72. The third kappa shape index (κ3) is 5.70. The average Bonchev–Trinajstić information content (AvgIpc) is 3.12. The monoisotopic (exact) mass is 457 g/mol. The van der Waals surface area contributed by atoms with Crippen LogP contribution in [0.25, 0.3) is 0 Å². The second kappa shape index (κ2) is 10.1. The number of amides is 3. The average molecular weight is 458 g/mol. The van der Waals surface area contributed by atoms with Crippen molar-refractivity contribution in [2.75, 3.05) is 18.5 Å². The second-order valence-electron chi connectivity index (χ2n) is 7.12.